The quantitative estimate of drug-likeness (QED) is 0.438. The Kier molecular flexibility index (Phi) is 6.73. The summed E-state index contributed by atoms with van der Waals surface area (Å²) < 4.78 is 11.0. The summed E-state index contributed by atoms with van der Waals surface area (Å²) in [5.74, 6) is 0.830. The minimum atomic E-state index is -0.471. The lowest BCUT2D eigenvalue weighted by Crippen LogP contribution is -2.10. The zero-order valence-corrected chi connectivity index (χ0v) is 14.6. The Morgan fingerprint density at radius 2 is 1.81 bits per heavy atom. The van der Waals surface area contributed by atoms with Gasteiger partial charge in [0.05, 0.1) is 23.8 Å². The highest BCUT2D eigenvalue weighted by Gasteiger charge is 2.08. The van der Waals surface area contributed by atoms with Crippen molar-refractivity contribution in [2.24, 2.45) is 0 Å². The lowest BCUT2D eigenvalue weighted by molar-refractivity contribution is -0.384. The number of hydrogen-bond donors (Lipinski definition) is 1. The topological polar surface area (TPSA) is 90.7 Å². The highest BCUT2D eigenvalue weighted by atomic mass is 16.6. The smallest absolute Gasteiger partial charge is 0.269 e. The van der Waals surface area contributed by atoms with E-state index in [4.69, 9.17) is 9.47 Å². The lowest BCUT2D eigenvalue weighted by Gasteiger charge is -2.12. The van der Waals surface area contributed by atoms with Gasteiger partial charge in [-0.05, 0) is 49.8 Å². The molecular formula is C19H20N2O5. The van der Waals surface area contributed by atoms with Crippen LogP contribution in [0.4, 0.5) is 11.4 Å². The van der Waals surface area contributed by atoms with Gasteiger partial charge in [0.15, 0.2) is 0 Å². The summed E-state index contributed by atoms with van der Waals surface area (Å²) in [4.78, 5) is 22.4. The molecule has 26 heavy (non-hydrogen) atoms. The maximum absolute atomic E-state index is 12.2. The van der Waals surface area contributed by atoms with Crippen LogP contribution in [0.15, 0.2) is 48.5 Å². The molecule has 0 saturated heterocycles. The summed E-state index contributed by atoms with van der Waals surface area (Å²) in [6.07, 6.45) is 2.93. The average molecular weight is 356 g/mol. The molecule has 7 nitrogen and oxygen atoms in total. The van der Waals surface area contributed by atoms with Crippen LogP contribution in [0.2, 0.25) is 0 Å². The molecule has 0 aliphatic carbocycles. The first-order valence-corrected chi connectivity index (χ1v) is 8.16. The lowest BCUT2D eigenvalue weighted by atomic mass is 10.2. The van der Waals surface area contributed by atoms with Gasteiger partial charge in [-0.2, -0.15) is 0 Å². The van der Waals surface area contributed by atoms with E-state index in [2.05, 4.69) is 5.32 Å². The summed E-state index contributed by atoms with van der Waals surface area (Å²) in [6, 6.07) is 11.1. The Hall–Kier alpha value is -3.35. The van der Waals surface area contributed by atoms with E-state index in [1.54, 1.807) is 36.4 Å². The number of ether oxygens (including phenoxy) is 2. The molecule has 0 aliphatic rings. The normalized spacial score (nSPS) is 10.5. The molecule has 0 heterocycles. The second kappa shape index (κ2) is 9.22. The van der Waals surface area contributed by atoms with E-state index in [9.17, 15) is 14.9 Å². The molecule has 0 aromatic heterocycles. The molecule has 0 radical (unpaired) electrons. The van der Waals surface area contributed by atoms with Crippen LogP contribution in [0.5, 0.6) is 11.5 Å². The Bertz CT molecular complexity index is 800. The van der Waals surface area contributed by atoms with Crippen molar-refractivity contribution in [3.63, 3.8) is 0 Å². The maximum Gasteiger partial charge on any atom is 0.269 e. The number of carbonyl (C=O) groups excluding carboxylic acids is 1. The minimum absolute atomic E-state index is 0.000645. The Morgan fingerprint density at radius 1 is 1.12 bits per heavy atom. The van der Waals surface area contributed by atoms with Gasteiger partial charge in [-0.25, -0.2) is 0 Å². The van der Waals surface area contributed by atoms with Crippen molar-refractivity contribution in [3.05, 3.63) is 64.2 Å². The first-order valence-electron chi connectivity index (χ1n) is 8.16. The first kappa shape index (κ1) is 19.0. The molecule has 0 aliphatic heterocycles. The standard InChI is InChI=1S/C19H20N2O5/c1-3-25-16-10-11-18(26-4-2)17(13-16)20-19(22)12-7-14-5-8-15(9-6-14)21(23)24/h5-13H,3-4H2,1-2H3,(H,20,22). The number of nitrogens with one attached hydrogen (secondary N) is 1. The van der Waals surface area contributed by atoms with E-state index in [0.717, 1.165) is 0 Å². The van der Waals surface area contributed by atoms with E-state index < -0.39 is 4.92 Å². The highest BCUT2D eigenvalue weighted by molar-refractivity contribution is 6.02. The van der Waals surface area contributed by atoms with Gasteiger partial charge >= 0.3 is 0 Å². The van der Waals surface area contributed by atoms with Crippen LogP contribution in [0.25, 0.3) is 6.08 Å². The third-order valence-electron chi connectivity index (χ3n) is 3.35. The van der Waals surface area contributed by atoms with Crippen LogP contribution in [-0.2, 0) is 4.79 Å². The Morgan fingerprint density at radius 3 is 2.42 bits per heavy atom. The molecule has 1 N–H and O–H groups in total. The molecule has 136 valence electrons. The van der Waals surface area contributed by atoms with Crippen LogP contribution in [0.1, 0.15) is 19.4 Å². The van der Waals surface area contributed by atoms with Crippen LogP contribution < -0.4 is 14.8 Å². The first-order chi connectivity index (χ1) is 12.5. The minimum Gasteiger partial charge on any atom is -0.494 e. The highest BCUT2D eigenvalue weighted by Crippen LogP contribution is 2.29. The number of amides is 1. The summed E-state index contributed by atoms with van der Waals surface area (Å²) in [5.41, 5.74) is 1.19. The molecule has 0 atom stereocenters. The van der Waals surface area contributed by atoms with Crippen molar-refractivity contribution in [1.82, 2.24) is 0 Å². The summed E-state index contributed by atoms with van der Waals surface area (Å²) in [6.45, 7) is 4.72. The van der Waals surface area contributed by atoms with Crippen molar-refractivity contribution in [1.29, 1.82) is 0 Å². The van der Waals surface area contributed by atoms with E-state index >= 15 is 0 Å². The Labute approximate surface area is 151 Å². The van der Waals surface area contributed by atoms with Crippen LogP contribution in [0.3, 0.4) is 0 Å². The largest absolute Gasteiger partial charge is 0.494 e. The van der Waals surface area contributed by atoms with Gasteiger partial charge in [0.2, 0.25) is 5.91 Å². The van der Waals surface area contributed by atoms with E-state index in [1.807, 2.05) is 13.8 Å². The number of nitro groups is 1. The summed E-state index contributed by atoms with van der Waals surface area (Å²) >= 11 is 0. The Balaban J connectivity index is 2.10. The van der Waals surface area contributed by atoms with Crippen LogP contribution >= 0.6 is 0 Å². The molecule has 2 aromatic rings. The third-order valence-corrected chi connectivity index (χ3v) is 3.35. The number of anilines is 1. The molecule has 2 rings (SSSR count). The van der Waals surface area contributed by atoms with Crippen molar-refractivity contribution in [2.45, 2.75) is 13.8 Å². The van der Waals surface area contributed by atoms with Gasteiger partial charge < -0.3 is 14.8 Å². The zero-order chi connectivity index (χ0) is 18.9. The van der Waals surface area contributed by atoms with E-state index in [0.29, 0.717) is 36.0 Å². The SMILES string of the molecule is CCOc1ccc(OCC)c(NC(=O)C=Cc2ccc([N+](=O)[O-])cc2)c1. The number of nitrogens with zero attached hydrogens (tertiary/aromatic N) is 1. The zero-order valence-electron chi connectivity index (χ0n) is 14.6. The molecular weight excluding hydrogens is 336 g/mol. The van der Waals surface area contributed by atoms with E-state index in [1.165, 1.54) is 18.2 Å². The third kappa shape index (κ3) is 5.34. The fourth-order valence-corrected chi connectivity index (χ4v) is 2.20. The number of non-ortho nitro benzene ring substituents is 1. The predicted octanol–water partition coefficient (Wildman–Crippen LogP) is 4.04. The molecule has 0 bridgehead atoms. The van der Waals surface area contributed by atoms with Crippen molar-refractivity contribution >= 4 is 23.4 Å². The average Bonchev–Trinajstić information content (AvgIpc) is 2.63. The number of carbonyl (C=O) groups is 1. The van der Waals surface area contributed by atoms with Crippen molar-refractivity contribution < 1.29 is 19.2 Å². The fourth-order valence-electron chi connectivity index (χ4n) is 2.20. The fraction of sp³-hybridized carbons (Fsp3) is 0.211. The number of hydrogen-bond acceptors (Lipinski definition) is 5. The number of nitro benzene ring substituents is 1. The molecule has 0 fully saturated rings. The molecule has 7 heteroatoms. The molecule has 0 spiro atoms. The van der Waals surface area contributed by atoms with Gasteiger partial charge in [0.1, 0.15) is 11.5 Å². The molecule has 0 unspecified atom stereocenters. The van der Waals surface area contributed by atoms with Crippen molar-refractivity contribution in [2.75, 3.05) is 18.5 Å². The number of rotatable bonds is 8. The van der Waals surface area contributed by atoms with Crippen LogP contribution in [-0.4, -0.2) is 24.0 Å². The second-order valence-corrected chi connectivity index (χ2v) is 5.20. The number of benzene rings is 2. The van der Waals surface area contributed by atoms with E-state index in [-0.39, 0.29) is 11.6 Å². The predicted molar refractivity (Wildman–Crippen MR) is 99.5 cm³/mol. The van der Waals surface area contributed by atoms with Crippen LogP contribution in [0, 0.1) is 10.1 Å². The molecule has 2 aromatic carbocycles. The summed E-state index contributed by atoms with van der Waals surface area (Å²) in [5, 5.41) is 13.4. The van der Waals surface area contributed by atoms with Gasteiger partial charge in [0, 0.05) is 24.3 Å². The molecule has 1 amide bonds. The van der Waals surface area contributed by atoms with Gasteiger partial charge in [-0.3, -0.25) is 14.9 Å². The van der Waals surface area contributed by atoms with Gasteiger partial charge in [0.25, 0.3) is 5.69 Å². The van der Waals surface area contributed by atoms with Gasteiger partial charge in [-0.1, -0.05) is 0 Å². The monoisotopic (exact) mass is 356 g/mol. The molecule has 0 saturated carbocycles. The summed E-state index contributed by atoms with van der Waals surface area (Å²) in [7, 11) is 0. The maximum atomic E-state index is 12.2. The van der Waals surface area contributed by atoms with Gasteiger partial charge in [-0.15, -0.1) is 0 Å². The second-order valence-electron chi connectivity index (χ2n) is 5.20. The van der Waals surface area contributed by atoms with Crippen molar-refractivity contribution in [3.8, 4) is 11.5 Å².